The lowest BCUT2D eigenvalue weighted by molar-refractivity contribution is -0.113. The van der Waals surface area contributed by atoms with E-state index >= 15 is 0 Å². The van der Waals surface area contributed by atoms with E-state index in [4.69, 9.17) is 10.5 Å². The SMILES string of the molecule is CC(C)Oc1ccc(C=CC(N)=O)cc1Br. The van der Waals surface area contributed by atoms with Crippen LogP contribution < -0.4 is 10.5 Å². The monoisotopic (exact) mass is 283 g/mol. The van der Waals surface area contributed by atoms with Crippen LogP contribution in [0.1, 0.15) is 19.4 Å². The Labute approximate surface area is 103 Å². The number of primary amides is 1. The first kappa shape index (κ1) is 12.8. The van der Waals surface area contributed by atoms with E-state index in [2.05, 4.69) is 15.9 Å². The second-order valence-corrected chi connectivity index (χ2v) is 4.45. The topological polar surface area (TPSA) is 52.3 Å². The van der Waals surface area contributed by atoms with E-state index in [0.717, 1.165) is 15.8 Å². The fourth-order valence-electron chi connectivity index (χ4n) is 1.15. The summed E-state index contributed by atoms with van der Waals surface area (Å²) < 4.78 is 6.42. The Morgan fingerprint density at radius 1 is 1.50 bits per heavy atom. The predicted molar refractivity (Wildman–Crippen MR) is 68.1 cm³/mol. The zero-order chi connectivity index (χ0) is 12.1. The van der Waals surface area contributed by atoms with Crippen molar-refractivity contribution < 1.29 is 9.53 Å². The molecule has 4 heteroatoms. The van der Waals surface area contributed by atoms with Crippen molar-refractivity contribution in [2.45, 2.75) is 20.0 Å². The quantitative estimate of drug-likeness (QED) is 0.864. The van der Waals surface area contributed by atoms with E-state index in [-0.39, 0.29) is 6.10 Å². The highest BCUT2D eigenvalue weighted by molar-refractivity contribution is 9.10. The standard InChI is InChI=1S/C12H14BrNO2/c1-8(2)16-11-5-3-9(7-10(11)13)4-6-12(14)15/h3-8H,1-2H3,(H2,14,15). The lowest BCUT2D eigenvalue weighted by atomic mass is 10.2. The number of benzene rings is 1. The number of carbonyl (C=O) groups is 1. The summed E-state index contributed by atoms with van der Waals surface area (Å²) in [6.45, 7) is 3.93. The van der Waals surface area contributed by atoms with E-state index in [0.29, 0.717) is 0 Å². The summed E-state index contributed by atoms with van der Waals surface area (Å²) in [6, 6.07) is 5.59. The van der Waals surface area contributed by atoms with Gasteiger partial charge in [0.2, 0.25) is 5.91 Å². The van der Waals surface area contributed by atoms with Crippen molar-refractivity contribution in [2.75, 3.05) is 0 Å². The molecule has 1 rings (SSSR count). The Balaban J connectivity index is 2.86. The second kappa shape index (κ2) is 5.70. The average Bonchev–Trinajstić information content (AvgIpc) is 2.18. The molecule has 0 radical (unpaired) electrons. The third-order valence-electron chi connectivity index (χ3n) is 1.76. The summed E-state index contributed by atoms with van der Waals surface area (Å²) in [5, 5.41) is 0. The number of ether oxygens (including phenoxy) is 1. The minimum Gasteiger partial charge on any atom is -0.490 e. The maximum absolute atomic E-state index is 10.6. The lowest BCUT2D eigenvalue weighted by Crippen LogP contribution is -2.06. The van der Waals surface area contributed by atoms with Gasteiger partial charge in [-0.3, -0.25) is 4.79 Å². The number of nitrogens with two attached hydrogens (primary N) is 1. The molecule has 1 aromatic rings. The van der Waals surface area contributed by atoms with Crippen LogP contribution >= 0.6 is 15.9 Å². The van der Waals surface area contributed by atoms with Crippen molar-refractivity contribution in [3.8, 4) is 5.75 Å². The lowest BCUT2D eigenvalue weighted by Gasteiger charge is -2.11. The molecule has 0 atom stereocenters. The highest BCUT2D eigenvalue weighted by Crippen LogP contribution is 2.27. The van der Waals surface area contributed by atoms with Gasteiger partial charge >= 0.3 is 0 Å². The summed E-state index contributed by atoms with van der Waals surface area (Å²) in [4.78, 5) is 10.6. The molecular formula is C12H14BrNO2. The first-order chi connectivity index (χ1) is 7.49. The van der Waals surface area contributed by atoms with Crippen molar-refractivity contribution >= 4 is 27.9 Å². The average molecular weight is 284 g/mol. The smallest absolute Gasteiger partial charge is 0.241 e. The summed E-state index contributed by atoms with van der Waals surface area (Å²) in [5.41, 5.74) is 5.90. The van der Waals surface area contributed by atoms with Gasteiger partial charge in [-0.2, -0.15) is 0 Å². The van der Waals surface area contributed by atoms with Crippen LogP contribution in [-0.2, 0) is 4.79 Å². The molecule has 0 unspecified atom stereocenters. The van der Waals surface area contributed by atoms with Gasteiger partial charge in [-0.05, 0) is 53.5 Å². The molecule has 0 saturated heterocycles. The van der Waals surface area contributed by atoms with Crippen LogP contribution in [0.25, 0.3) is 6.08 Å². The van der Waals surface area contributed by atoms with Gasteiger partial charge in [0, 0.05) is 6.08 Å². The minimum atomic E-state index is -0.460. The van der Waals surface area contributed by atoms with Crippen molar-refractivity contribution in [1.29, 1.82) is 0 Å². The van der Waals surface area contributed by atoms with E-state index in [1.54, 1.807) is 6.08 Å². The number of hydrogen-bond acceptors (Lipinski definition) is 2. The van der Waals surface area contributed by atoms with Crippen LogP contribution in [0, 0.1) is 0 Å². The predicted octanol–water partition coefficient (Wildman–Crippen LogP) is 2.73. The Bertz CT molecular complexity index is 413. The Morgan fingerprint density at radius 3 is 2.69 bits per heavy atom. The minimum absolute atomic E-state index is 0.128. The second-order valence-electron chi connectivity index (χ2n) is 3.59. The van der Waals surface area contributed by atoms with Crippen LogP contribution in [0.5, 0.6) is 5.75 Å². The van der Waals surface area contributed by atoms with Gasteiger partial charge in [0.1, 0.15) is 5.75 Å². The molecule has 0 spiro atoms. The molecule has 0 aromatic heterocycles. The molecule has 16 heavy (non-hydrogen) atoms. The van der Waals surface area contributed by atoms with Crippen LogP contribution in [-0.4, -0.2) is 12.0 Å². The molecule has 2 N–H and O–H groups in total. The molecule has 0 saturated carbocycles. The van der Waals surface area contributed by atoms with E-state index < -0.39 is 5.91 Å². The summed E-state index contributed by atoms with van der Waals surface area (Å²) in [7, 11) is 0. The zero-order valence-electron chi connectivity index (χ0n) is 9.24. The number of halogens is 1. The first-order valence-electron chi connectivity index (χ1n) is 4.93. The number of hydrogen-bond donors (Lipinski definition) is 1. The van der Waals surface area contributed by atoms with Gasteiger partial charge in [-0.25, -0.2) is 0 Å². The highest BCUT2D eigenvalue weighted by atomic mass is 79.9. The summed E-state index contributed by atoms with van der Waals surface area (Å²) in [5.74, 6) is 0.324. The zero-order valence-corrected chi connectivity index (χ0v) is 10.8. The van der Waals surface area contributed by atoms with Gasteiger partial charge in [-0.1, -0.05) is 6.07 Å². The largest absolute Gasteiger partial charge is 0.490 e. The van der Waals surface area contributed by atoms with Crippen molar-refractivity contribution in [1.82, 2.24) is 0 Å². The van der Waals surface area contributed by atoms with Crippen LogP contribution in [0.4, 0.5) is 0 Å². The van der Waals surface area contributed by atoms with Gasteiger partial charge < -0.3 is 10.5 Å². The maximum atomic E-state index is 10.6. The Kier molecular flexibility index (Phi) is 4.55. The molecule has 0 heterocycles. The van der Waals surface area contributed by atoms with Crippen LogP contribution in [0.3, 0.4) is 0 Å². The Morgan fingerprint density at radius 2 is 2.19 bits per heavy atom. The third-order valence-corrected chi connectivity index (χ3v) is 2.38. The fraction of sp³-hybridized carbons (Fsp3) is 0.250. The van der Waals surface area contributed by atoms with Gasteiger partial charge in [0.05, 0.1) is 10.6 Å². The molecule has 1 aromatic carbocycles. The van der Waals surface area contributed by atoms with E-state index in [9.17, 15) is 4.79 Å². The molecule has 0 fully saturated rings. The molecule has 0 aliphatic rings. The van der Waals surface area contributed by atoms with Gasteiger partial charge in [-0.15, -0.1) is 0 Å². The molecule has 0 aliphatic heterocycles. The van der Waals surface area contributed by atoms with Crippen molar-refractivity contribution in [3.05, 3.63) is 34.3 Å². The first-order valence-corrected chi connectivity index (χ1v) is 5.72. The van der Waals surface area contributed by atoms with E-state index in [1.807, 2.05) is 32.0 Å². The van der Waals surface area contributed by atoms with Gasteiger partial charge in [0.15, 0.2) is 0 Å². The van der Waals surface area contributed by atoms with Crippen molar-refractivity contribution in [2.24, 2.45) is 5.73 Å². The fourth-order valence-corrected chi connectivity index (χ4v) is 1.64. The number of carbonyl (C=O) groups excluding carboxylic acids is 1. The summed E-state index contributed by atoms with van der Waals surface area (Å²) in [6.07, 6.45) is 3.11. The third kappa shape index (κ3) is 4.06. The van der Waals surface area contributed by atoms with E-state index in [1.165, 1.54) is 6.08 Å². The normalized spacial score (nSPS) is 11.0. The van der Waals surface area contributed by atoms with Crippen molar-refractivity contribution in [3.63, 3.8) is 0 Å². The number of rotatable bonds is 4. The molecule has 3 nitrogen and oxygen atoms in total. The molecule has 86 valence electrons. The molecule has 0 bridgehead atoms. The molecule has 1 amide bonds. The van der Waals surface area contributed by atoms with Crippen LogP contribution in [0.2, 0.25) is 0 Å². The Hall–Kier alpha value is -1.29. The number of amides is 1. The molecular weight excluding hydrogens is 270 g/mol. The molecule has 0 aliphatic carbocycles. The maximum Gasteiger partial charge on any atom is 0.241 e. The highest BCUT2D eigenvalue weighted by Gasteiger charge is 2.03. The van der Waals surface area contributed by atoms with Gasteiger partial charge in [0.25, 0.3) is 0 Å². The summed E-state index contributed by atoms with van der Waals surface area (Å²) >= 11 is 3.41. The van der Waals surface area contributed by atoms with Crippen LogP contribution in [0.15, 0.2) is 28.7 Å².